The maximum Gasteiger partial charge on any atom is 0.242 e. The summed E-state index contributed by atoms with van der Waals surface area (Å²) in [6.45, 7) is 2.35. The minimum absolute atomic E-state index is 0.124. The van der Waals surface area contributed by atoms with Crippen LogP contribution < -0.4 is 4.72 Å². The normalized spacial score (nSPS) is 13.7. The molecule has 16 heavy (non-hydrogen) atoms. The van der Waals surface area contributed by atoms with Crippen molar-refractivity contribution in [1.82, 2.24) is 4.72 Å². The lowest BCUT2D eigenvalue weighted by Crippen LogP contribution is -2.26. The molecule has 0 radical (unpaired) electrons. The van der Waals surface area contributed by atoms with Gasteiger partial charge in [0.25, 0.3) is 0 Å². The van der Waals surface area contributed by atoms with Crippen LogP contribution in [0.15, 0.2) is 29.2 Å². The van der Waals surface area contributed by atoms with Gasteiger partial charge in [0.2, 0.25) is 10.0 Å². The van der Waals surface area contributed by atoms with E-state index in [1.165, 1.54) is 6.07 Å². The van der Waals surface area contributed by atoms with Gasteiger partial charge in [-0.3, -0.25) is 0 Å². The molecule has 0 fully saturated rings. The molecule has 6 heteroatoms. The van der Waals surface area contributed by atoms with E-state index >= 15 is 0 Å². The van der Waals surface area contributed by atoms with E-state index in [2.05, 4.69) is 20.7 Å². The van der Waals surface area contributed by atoms with Gasteiger partial charge in [0.1, 0.15) is 4.90 Å². The highest BCUT2D eigenvalue weighted by Crippen LogP contribution is 2.20. The fourth-order valence-corrected chi connectivity index (χ4v) is 2.93. The van der Waals surface area contributed by atoms with Crippen LogP contribution in [0.3, 0.4) is 0 Å². The zero-order valence-corrected chi connectivity index (χ0v) is 11.9. The minimum atomic E-state index is -3.49. The standard InChI is InChI=1S/C10H13BrClNO2S/c1-8(11)6-7-13-16(14,15)10-5-3-2-4-9(10)12/h2-5,8,13H,6-7H2,1H3. The van der Waals surface area contributed by atoms with Gasteiger partial charge in [0, 0.05) is 11.4 Å². The smallest absolute Gasteiger partial charge is 0.211 e. The molecule has 90 valence electrons. The SMILES string of the molecule is CC(Br)CCNS(=O)(=O)c1ccccc1Cl. The maximum atomic E-state index is 11.8. The molecule has 0 heterocycles. The zero-order valence-electron chi connectivity index (χ0n) is 8.78. The second-order valence-corrected chi connectivity index (χ2v) is 7.10. The van der Waals surface area contributed by atoms with Crippen molar-refractivity contribution in [2.75, 3.05) is 6.54 Å². The molecular formula is C10H13BrClNO2S. The van der Waals surface area contributed by atoms with Crippen LogP contribution in [-0.2, 0) is 10.0 Å². The Morgan fingerprint density at radius 3 is 2.62 bits per heavy atom. The van der Waals surface area contributed by atoms with E-state index in [0.29, 0.717) is 6.54 Å². The summed E-state index contributed by atoms with van der Waals surface area (Å²) in [5, 5.41) is 0.238. The summed E-state index contributed by atoms with van der Waals surface area (Å²) in [7, 11) is -3.49. The first-order chi connectivity index (χ1) is 7.43. The van der Waals surface area contributed by atoms with Gasteiger partial charge < -0.3 is 0 Å². The third kappa shape index (κ3) is 4.05. The quantitative estimate of drug-likeness (QED) is 0.846. The van der Waals surface area contributed by atoms with Crippen molar-refractivity contribution in [3.63, 3.8) is 0 Å². The number of hydrogen-bond donors (Lipinski definition) is 1. The monoisotopic (exact) mass is 325 g/mol. The number of sulfonamides is 1. The van der Waals surface area contributed by atoms with E-state index < -0.39 is 10.0 Å². The van der Waals surface area contributed by atoms with Gasteiger partial charge in [-0.2, -0.15) is 0 Å². The first-order valence-corrected chi connectivity index (χ1v) is 7.59. The Labute approximate surface area is 109 Å². The fourth-order valence-electron chi connectivity index (χ4n) is 1.13. The summed E-state index contributed by atoms with van der Waals surface area (Å²) < 4.78 is 26.2. The van der Waals surface area contributed by atoms with Gasteiger partial charge in [-0.05, 0) is 18.6 Å². The van der Waals surface area contributed by atoms with Crippen molar-refractivity contribution in [3.8, 4) is 0 Å². The Morgan fingerprint density at radius 1 is 1.44 bits per heavy atom. The van der Waals surface area contributed by atoms with Gasteiger partial charge >= 0.3 is 0 Å². The van der Waals surface area contributed by atoms with E-state index in [9.17, 15) is 8.42 Å². The summed E-state index contributed by atoms with van der Waals surface area (Å²) in [5.41, 5.74) is 0. The van der Waals surface area contributed by atoms with E-state index in [1.54, 1.807) is 18.2 Å². The molecule has 1 unspecified atom stereocenters. The zero-order chi connectivity index (χ0) is 12.2. The van der Waals surface area contributed by atoms with Crippen LogP contribution in [0.2, 0.25) is 5.02 Å². The molecule has 0 saturated heterocycles. The molecule has 1 rings (SSSR count). The lowest BCUT2D eigenvalue weighted by Gasteiger charge is -2.08. The maximum absolute atomic E-state index is 11.8. The van der Waals surface area contributed by atoms with Gasteiger partial charge in [-0.1, -0.05) is 46.6 Å². The van der Waals surface area contributed by atoms with E-state index in [4.69, 9.17) is 11.6 Å². The molecule has 0 bridgehead atoms. The highest BCUT2D eigenvalue weighted by Gasteiger charge is 2.16. The van der Waals surface area contributed by atoms with E-state index in [0.717, 1.165) is 6.42 Å². The lowest BCUT2D eigenvalue weighted by molar-refractivity contribution is 0.579. The van der Waals surface area contributed by atoms with Crippen LogP contribution in [0, 0.1) is 0 Å². The lowest BCUT2D eigenvalue weighted by atomic mass is 10.3. The molecule has 0 spiro atoms. The summed E-state index contributed by atoms with van der Waals surface area (Å²) >= 11 is 9.17. The third-order valence-corrected chi connectivity index (χ3v) is 4.38. The molecule has 1 aromatic carbocycles. The van der Waals surface area contributed by atoms with Gasteiger partial charge in [-0.25, -0.2) is 13.1 Å². The molecule has 0 aliphatic carbocycles. The molecule has 1 aromatic rings. The summed E-state index contributed by atoms with van der Waals surface area (Å²) in [5.74, 6) is 0. The topological polar surface area (TPSA) is 46.2 Å². The van der Waals surface area contributed by atoms with Crippen LogP contribution >= 0.6 is 27.5 Å². The molecule has 0 aliphatic rings. The first kappa shape index (κ1) is 14.0. The fraction of sp³-hybridized carbons (Fsp3) is 0.400. The Balaban J connectivity index is 2.75. The third-order valence-electron chi connectivity index (χ3n) is 1.96. The van der Waals surface area contributed by atoms with E-state index in [1.807, 2.05) is 6.92 Å². The van der Waals surface area contributed by atoms with Gasteiger partial charge in [-0.15, -0.1) is 0 Å². The molecule has 1 N–H and O–H groups in total. The molecule has 0 aromatic heterocycles. The Bertz CT molecular complexity index is 448. The van der Waals surface area contributed by atoms with Crippen LogP contribution in [-0.4, -0.2) is 19.8 Å². The van der Waals surface area contributed by atoms with Crippen molar-refractivity contribution >= 4 is 37.6 Å². The van der Waals surface area contributed by atoms with Crippen LogP contribution in [0.4, 0.5) is 0 Å². The highest BCUT2D eigenvalue weighted by atomic mass is 79.9. The number of nitrogens with one attached hydrogen (secondary N) is 1. The number of hydrogen-bond acceptors (Lipinski definition) is 2. The van der Waals surface area contributed by atoms with Gasteiger partial charge in [0.15, 0.2) is 0 Å². The number of rotatable bonds is 5. The number of alkyl halides is 1. The van der Waals surface area contributed by atoms with Gasteiger partial charge in [0.05, 0.1) is 5.02 Å². The number of halogens is 2. The average Bonchev–Trinajstić information content (AvgIpc) is 2.17. The molecular weight excluding hydrogens is 314 g/mol. The first-order valence-electron chi connectivity index (χ1n) is 4.82. The van der Waals surface area contributed by atoms with Crippen LogP contribution in [0.5, 0.6) is 0 Å². The van der Waals surface area contributed by atoms with Crippen LogP contribution in [0.25, 0.3) is 0 Å². The Hall–Kier alpha value is -0.100. The molecule has 0 saturated carbocycles. The van der Waals surface area contributed by atoms with Crippen molar-refractivity contribution < 1.29 is 8.42 Å². The summed E-state index contributed by atoms with van der Waals surface area (Å²) in [4.78, 5) is 0.403. The highest BCUT2D eigenvalue weighted by molar-refractivity contribution is 9.09. The Kier molecular flexibility index (Phi) is 5.24. The molecule has 1 atom stereocenters. The predicted molar refractivity (Wildman–Crippen MR) is 69.6 cm³/mol. The summed E-state index contributed by atoms with van der Waals surface area (Å²) in [6, 6.07) is 6.39. The van der Waals surface area contributed by atoms with E-state index in [-0.39, 0.29) is 14.7 Å². The Morgan fingerprint density at radius 2 is 2.06 bits per heavy atom. The predicted octanol–water partition coefficient (Wildman–Crippen LogP) is 2.79. The van der Waals surface area contributed by atoms with Crippen molar-refractivity contribution in [2.45, 2.75) is 23.1 Å². The number of benzene rings is 1. The largest absolute Gasteiger partial charge is 0.242 e. The van der Waals surface area contributed by atoms with Crippen LogP contribution in [0.1, 0.15) is 13.3 Å². The minimum Gasteiger partial charge on any atom is -0.211 e. The summed E-state index contributed by atoms with van der Waals surface area (Å²) in [6.07, 6.45) is 0.726. The van der Waals surface area contributed by atoms with Crippen molar-refractivity contribution in [1.29, 1.82) is 0 Å². The van der Waals surface area contributed by atoms with Crippen molar-refractivity contribution in [2.24, 2.45) is 0 Å². The average molecular weight is 327 g/mol. The molecule has 3 nitrogen and oxygen atoms in total. The second kappa shape index (κ2) is 6.00. The second-order valence-electron chi connectivity index (χ2n) is 3.40. The van der Waals surface area contributed by atoms with Crippen molar-refractivity contribution in [3.05, 3.63) is 29.3 Å². The molecule has 0 amide bonds. The molecule has 0 aliphatic heterocycles.